The lowest BCUT2D eigenvalue weighted by atomic mass is 9.88. The molecule has 2 heterocycles. The summed E-state index contributed by atoms with van der Waals surface area (Å²) in [5.74, 6) is 1.09. The topological polar surface area (TPSA) is 101 Å². The maximum atomic E-state index is 11.4. The van der Waals surface area contributed by atoms with Gasteiger partial charge in [-0.2, -0.15) is 5.10 Å². The zero-order valence-corrected chi connectivity index (χ0v) is 15.1. The van der Waals surface area contributed by atoms with Gasteiger partial charge in [0.15, 0.2) is 5.69 Å². The molecule has 2 aliphatic rings. The summed E-state index contributed by atoms with van der Waals surface area (Å²) in [6, 6.07) is 7.57. The van der Waals surface area contributed by atoms with E-state index in [-0.39, 0.29) is 5.91 Å². The van der Waals surface area contributed by atoms with Crippen LogP contribution in [-0.4, -0.2) is 35.7 Å². The molecule has 1 aromatic heterocycles. The van der Waals surface area contributed by atoms with Crippen LogP contribution in [0, 0.1) is 5.92 Å². The summed E-state index contributed by atoms with van der Waals surface area (Å²) in [5, 5.41) is 6.81. The third kappa shape index (κ3) is 3.71. The quantitative estimate of drug-likeness (QED) is 0.816. The number of H-pyrrole nitrogens is 1. The Balaban J connectivity index is 0.000000151. The molecule has 2 amide bonds. The number of hydrogen-bond donors (Lipinski definition) is 2. The van der Waals surface area contributed by atoms with Crippen molar-refractivity contribution in [1.82, 2.24) is 10.2 Å². The Hall–Kier alpha value is -2.83. The van der Waals surface area contributed by atoms with Crippen molar-refractivity contribution in [3.05, 3.63) is 41.2 Å². The molecular weight excluding hydrogens is 332 g/mol. The predicted molar refractivity (Wildman–Crippen MR) is 98.3 cm³/mol. The molecule has 1 aromatic carbocycles. The molecule has 0 fully saturated rings. The zero-order chi connectivity index (χ0) is 18.7. The summed E-state index contributed by atoms with van der Waals surface area (Å²) in [5.41, 5.74) is 8.61. The largest absolute Gasteiger partial charge is 0.491 e. The molecule has 1 unspecified atom stereocenters. The number of para-hydroxylation sites is 2. The second-order valence-corrected chi connectivity index (χ2v) is 6.76. The fourth-order valence-corrected chi connectivity index (χ4v) is 3.28. The number of anilines is 1. The van der Waals surface area contributed by atoms with E-state index in [1.807, 2.05) is 24.3 Å². The van der Waals surface area contributed by atoms with E-state index >= 15 is 0 Å². The Labute approximate surface area is 152 Å². The smallest absolute Gasteiger partial charge is 0.269 e. The highest BCUT2D eigenvalue weighted by molar-refractivity contribution is 5.95. The number of aromatic amines is 1. The van der Waals surface area contributed by atoms with E-state index in [1.165, 1.54) is 0 Å². The van der Waals surface area contributed by atoms with Gasteiger partial charge in [0.05, 0.1) is 18.7 Å². The average Bonchev–Trinajstić information content (AvgIpc) is 2.99. The Bertz CT molecular complexity index is 815. The van der Waals surface area contributed by atoms with Crippen LogP contribution < -0.4 is 15.4 Å². The fourth-order valence-electron chi connectivity index (χ4n) is 3.28. The first-order valence-corrected chi connectivity index (χ1v) is 8.81. The third-order valence-electron chi connectivity index (χ3n) is 4.80. The molecule has 0 spiro atoms. The number of amides is 2. The van der Waals surface area contributed by atoms with Crippen LogP contribution in [0.25, 0.3) is 0 Å². The maximum Gasteiger partial charge on any atom is 0.269 e. The summed E-state index contributed by atoms with van der Waals surface area (Å²) >= 11 is 0. The lowest BCUT2D eigenvalue weighted by Crippen LogP contribution is -2.24. The number of aromatic nitrogens is 2. The van der Waals surface area contributed by atoms with Crippen molar-refractivity contribution in [3.63, 3.8) is 0 Å². The van der Waals surface area contributed by atoms with Crippen molar-refractivity contribution >= 4 is 17.5 Å². The molecule has 0 radical (unpaired) electrons. The molecule has 0 saturated heterocycles. The second-order valence-electron chi connectivity index (χ2n) is 6.76. The standard InChI is InChI=1S/C10H11NO2.C9H13N3O/c1-11-8-4-2-3-5-9(8)13-7-6-10(11)12;1-5-2-3-7-6(4-5)8(9(10)13)12-11-7/h2-5H,6-7H2,1H3;5H,2-4H2,1H3,(H2,10,13)(H,11,12). The molecule has 0 saturated carbocycles. The van der Waals surface area contributed by atoms with Crippen molar-refractivity contribution in [2.75, 3.05) is 18.6 Å². The number of nitrogens with zero attached hydrogens (tertiary/aromatic N) is 2. The molecule has 7 nitrogen and oxygen atoms in total. The lowest BCUT2D eigenvalue weighted by Gasteiger charge is -2.17. The van der Waals surface area contributed by atoms with Crippen LogP contribution in [0.4, 0.5) is 5.69 Å². The van der Waals surface area contributed by atoms with E-state index in [4.69, 9.17) is 10.5 Å². The number of rotatable bonds is 1. The van der Waals surface area contributed by atoms with Gasteiger partial charge in [0.1, 0.15) is 5.75 Å². The first-order chi connectivity index (χ1) is 12.5. The molecule has 1 atom stereocenters. The molecular formula is C19H24N4O3. The third-order valence-corrected chi connectivity index (χ3v) is 4.80. The van der Waals surface area contributed by atoms with Crippen LogP contribution in [0.15, 0.2) is 24.3 Å². The number of carbonyl (C=O) groups excluding carboxylic acids is 2. The normalized spacial score (nSPS) is 18.6. The second kappa shape index (κ2) is 7.59. The van der Waals surface area contributed by atoms with E-state index in [0.717, 1.165) is 42.0 Å². The van der Waals surface area contributed by atoms with E-state index in [0.29, 0.717) is 24.6 Å². The van der Waals surface area contributed by atoms with Crippen molar-refractivity contribution in [2.45, 2.75) is 32.6 Å². The molecule has 7 heteroatoms. The van der Waals surface area contributed by atoms with Gasteiger partial charge in [-0.25, -0.2) is 0 Å². The van der Waals surface area contributed by atoms with Crippen LogP contribution in [-0.2, 0) is 17.6 Å². The van der Waals surface area contributed by atoms with Crippen LogP contribution in [0.5, 0.6) is 5.75 Å². The van der Waals surface area contributed by atoms with Crippen molar-refractivity contribution in [1.29, 1.82) is 0 Å². The monoisotopic (exact) mass is 356 g/mol. The Kier molecular flexibility index (Phi) is 5.25. The molecule has 1 aliphatic heterocycles. The Morgan fingerprint density at radius 2 is 2.12 bits per heavy atom. The summed E-state index contributed by atoms with van der Waals surface area (Å²) < 4.78 is 5.43. The van der Waals surface area contributed by atoms with Crippen molar-refractivity contribution in [2.24, 2.45) is 11.7 Å². The van der Waals surface area contributed by atoms with E-state index in [1.54, 1.807) is 11.9 Å². The summed E-state index contributed by atoms with van der Waals surface area (Å²) in [6.45, 7) is 2.65. The van der Waals surface area contributed by atoms with Gasteiger partial charge < -0.3 is 15.4 Å². The van der Waals surface area contributed by atoms with Gasteiger partial charge in [0.2, 0.25) is 5.91 Å². The highest BCUT2D eigenvalue weighted by Gasteiger charge is 2.23. The highest BCUT2D eigenvalue weighted by Crippen LogP contribution is 2.29. The minimum atomic E-state index is -0.424. The van der Waals surface area contributed by atoms with Crippen molar-refractivity contribution in [3.8, 4) is 5.75 Å². The van der Waals surface area contributed by atoms with Gasteiger partial charge >= 0.3 is 0 Å². The molecule has 138 valence electrons. The van der Waals surface area contributed by atoms with Gasteiger partial charge in [-0.15, -0.1) is 0 Å². The van der Waals surface area contributed by atoms with Crippen LogP contribution in [0.3, 0.4) is 0 Å². The SMILES string of the molecule is CC1CCc2[nH]nc(C(N)=O)c2C1.CN1C(=O)CCOc2ccccc21. The average molecular weight is 356 g/mol. The highest BCUT2D eigenvalue weighted by atomic mass is 16.5. The van der Waals surface area contributed by atoms with Crippen molar-refractivity contribution < 1.29 is 14.3 Å². The minimum Gasteiger partial charge on any atom is -0.491 e. The summed E-state index contributed by atoms with van der Waals surface area (Å²) in [4.78, 5) is 24.0. The van der Waals surface area contributed by atoms with Gasteiger partial charge in [0, 0.05) is 18.3 Å². The number of hydrogen-bond acceptors (Lipinski definition) is 4. The van der Waals surface area contributed by atoms with Crippen LogP contribution >= 0.6 is 0 Å². The number of fused-ring (bicyclic) bond motifs is 2. The first-order valence-electron chi connectivity index (χ1n) is 8.81. The minimum absolute atomic E-state index is 0.102. The zero-order valence-electron chi connectivity index (χ0n) is 15.1. The number of ether oxygens (including phenoxy) is 1. The number of aryl methyl sites for hydroxylation is 1. The number of benzene rings is 1. The Morgan fingerprint density at radius 3 is 2.88 bits per heavy atom. The number of primary amides is 1. The van der Waals surface area contributed by atoms with E-state index in [2.05, 4.69) is 17.1 Å². The summed E-state index contributed by atoms with van der Waals surface area (Å²) in [6.07, 6.45) is 3.51. The summed E-state index contributed by atoms with van der Waals surface area (Å²) in [7, 11) is 1.77. The molecule has 3 N–H and O–H groups in total. The number of nitrogens with two attached hydrogens (primary N) is 1. The van der Waals surface area contributed by atoms with Gasteiger partial charge in [-0.3, -0.25) is 14.7 Å². The molecule has 0 bridgehead atoms. The van der Waals surface area contributed by atoms with Gasteiger partial charge in [-0.1, -0.05) is 19.1 Å². The van der Waals surface area contributed by atoms with Gasteiger partial charge in [0.25, 0.3) is 5.91 Å². The molecule has 1 aliphatic carbocycles. The van der Waals surface area contributed by atoms with Crippen LogP contribution in [0.1, 0.15) is 41.5 Å². The first kappa shape index (κ1) is 18.0. The fraction of sp³-hybridized carbons (Fsp3) is 0.421. The Morgan fingerprint density at radius 1 is 1.35 bits per heavy atom. The number of nitrogens with one attached hydrogen (secondary N) is 1. The number of carbonyl (C=O) groups is 2. The molecule has 4 rings (SSSR count). The van der Waals surface area contributed by atoms with Crippen LogP contribution in [0.2, 0.25) is 0 Å². The predicted octanol–water partition coefficient (Wildman–Crippen LogP) is 2.07. The van der Waals surface area contributed by atoms with E-state index < -0.39 is 5.91 Å². The van der Waals surface area contributed by atoms with Gasteiger partial charge in [-0.05, 0) is 37.3 Å². The maximum absolute atomic E-state index is 11.4. The molecule has 26 heavy (non-hydrogen) atoms. The molecule has 2 aromatic rings. The van der Waals surface area contributed by atoms with E-state index in [9.17, 15) is 9.59 Å². The lowest BCUT2D eigenvalue weighted by molar-refractivity contribution is -0.118.